The molecular formula is C8H6N4O2. The van der Waals surface area contributed by atoms with Crippen LogP contribution in [0.15, 0.2) is 23.1 Å². The highest BCUT2D eigenvalue weighted by atomic mass is 16.2. The van der Waals surface area contributed by atoms with Gasteiger partial charge in [0.15, 0.2) is 5.65 Å². The zero-order valence-electron chi connectivity index (χ0n) is 7.02. The first-order valence-electron chi connectivity index (χ1n) is 3.83. The van der Waals surface area contributed by atoms with Gasteiger partial charge in [0.2, 0.25) is 5.82 Å². The first-order chi connectivity index (χ1) is 6.68. The van der Waals surface area contributed by atoms with Crippen LogP contribution in [0.5, 0.6) is 0 Å². The molecule has 14 heavy (non-hydrogen) atoms. The fourth-order valence-electron chi connectivity index (χ4n) is 1.09. The third-order valence-corrected chi connectivity index (χ3v) is 1.71. The number of H-pyrrole nitrogens is 1. The molecule has 2 aromatic rings. The van der Waals surface area contributed by atoms with Crippen LogP contribution in [-0.2, 0) is 0 Å². The van der Waals surface area contributed by atoms with Gasteiger partial charge in [-0.05, 0) is 12.1 Å². The molecule has 6 heteroatoms. The number of aromatic amines is 1. The number of hydrogen-bond donors (Lipinski definition) is 2. The minimum absolute atomic E-state index is 0.179. The molecule has 0 fully saturated rings. The quantitative estimate of drug-likeness (QED) is 0.627. The summed E-state index contributed by atoms with van der Waals surface area (Å²) in [5.74, 6) is -0.962. The maximum Gasteiger partial charge on any atom is 0.284 e. The van der Waals surface area contributed by atoms with Gasteiger partial charge in [0.1, 0.15) is 0 Å². The van der Waals surface area contributed by atoms with Crippen LogP contribution >= 0.6 is 0 Å². The lowest BCUT2D eigenvalue weighted by Gasteiger charge is -1.97. The molecule has 0 aliphatic heterocycles. The molecule has 0 spiro atoms. The summed E-state index contributed by atoms with van der Waals surface area (Å²) in [6, 6.07) is 3.18. The molecule has 2 heterocycles. The molecule has 0 bridgehead atoms. The topological polar surface area (TPSA) is 102 Å². The Morgan fingerprint density at radius 3 is 3.00 bits per heavy atom. The molecule has 0 saturated heterocycles. The summed E-state index contributed by atoms with van der Waals surface area (Å²) in [6.45, 7) is 0. The van der Waals surface area contributed by atoms with E-state index in [1.807, 2.05) is 0 Å². The number of primary amides is 1. The van der Waals surface area contributed by atoms with Crippen LogP contribution in [0.1, 0.15) is 10.6 Å². The van der Waals surface area contributed by atoms with Gasteiger partial charge in [-0.25, -0.2) is 9.97 Å². The van der Waals surface area contributed by atoms with Gasteiger partial charge in [-0.3, -0.25) is 9.59 Å². The molecule has 3 N–H and O–H groups in total. The summed E-state index contributed by atoms with van der Waals surface area (Å²) < 4.78 is 0. The average Bonchev–Trinajstić information content (AvgIpc) is 2.17. The van der Waals surface area contributed by atoms with Crippen molar-refractivity contribution in [3.63, 3.8) is 0 Å². The van der Waals surface area contributed by atoms with E-state index in [9.17, 15) is 9.59 Å². The molecule has 0 atom stereocenters. The lowest BCUT2D eigenvalue weighted by Crippen LogP contribution is -2.21. The maximum absolute atomic E-state index is 11.4. The van der Waals surface area contributed by atoms with E-state index < -0.39 is 11.5 Å². The number of hydrogen-bond acceptors (Lipinski definition) is 4. The van der Waals surface area contributed by atoms with Gasteiger partial charge in [-0.15, -0.1) is 0 Å². The van der Waals surface area contributed by atoms with Crippen molar-refractivity contribution in [2.75, 3.05) is 0 Å². The Kier molecular flexibility index (Phi) is 1.74. The zero-order chi connectivity index (χ0) is 10.1. The molecule has 0 aromatic carbocycles. The fraction of sp³-hybridized carbons (Fsp3) is 0. The van der Waals surface area contributed by atoms with Gasteiger partial charge < -0.3 is 10.7 Å². The fourth-order valence-corrected chi connectivity index (χ4v) is 1.09. The summed E-state index contributed by atoms with van der Waals surface area (Å²) >= 11 is 0. The first kappa shape index (κ1) is 8.36. The summed E-state index contributed by atoms with van der Waals surface area (Å²) in [6.07, 6.45) is 1.49. The standard InChI is InChI=1S/C8H6N4O2/c9-5(13)7-11-6-4(8(14)12-7)2-1-3-10-6/h1-3H,(H2,9,13)(H,10,11,12,14). The van der Waals surface area contributed by atoms with Gasteiger partial charge in [0.25, 0.3) is 11.5 Å². The number of fused-ring (bicyclic) bond motifs is 1. The Bertz CT molecular complexity index is 561. The van der Waals surface area contributed by atoms with Crippen LogP contribution in [0.25, 0.3) is 11.0 Å². The van der Waals surface area contributed by atoms with E-state index in [4.69, 9.17) is 5.73 Å². The Morgan fingerprint density at radius 1 is 1.50 bits per heavy atom. The molecule has 0 radical (unpaired) electrons. The number of nitrogens with two attached hydrogens (primary N) is 1. The molecule has 2 rings (SSSR count). The summed E-state index contributed by atoms with van der Waals surface area (Å²) in [5, 5.41) is 0.331. The van der Waals surface area contributed by atoms with E-state index >= 15 is 0 Å². The monoisotopic (exact) mass is 190 g/mol. The molecule has 2 aromatic heterocycles. The number of rotatable bonds is 1. The third-order valence-electron chi connectivity index (χ3n) is 1.71. The van der Waals surface area contributed by atoms with Crippen molar-refractivity contribution in [1.29, 1.82) is 0 Å². The van der Waals surface area contributed by atoms with Crippen molar-refractivity contribution < 1.29 is 4.79 Å². The average molecular weight is 190 g/mol. The number of carbonyl (C=O) groups excluding carboxylic acids is 1. The number of nitrogens with one attached hydrogen (secondary N) is 1. The van der Waals surface area contributed by atoms with E-state index in [2.05, 4.69) is 15.0 Å². The smallest absolute Gasteiger partial charge is 0.284 e. The summed E-state index contributed by atoms with van der Waals surface area (Å²) in [4.78, 5) is 32.0. The molecule has 0 aliphatic carbocycles. The molecule has 0 aliphatic rings. The number of amides is 1. The minimum atomic E-state index is -0.783. The summed E-state index contributed by atoms with van der Waals surface area (Å²) in [7, 11) is 0. The normalized spacial score (nSPS) is 10.3. The van der Waals surface area contributed by atoms with E-state index in [1.54, 1.807) is 12.1 Å². The van der Waals surface area contributed by atoms with Crippen LogP contribution < -0.4 is 11.3 Å². The number of pyridine rings is 1. The van der Waals surface area contributed by atoms with Gasteiger partial charge in [-0.1, -0.05) is 0 Å². The molecule has 0 unspecified atom stereocenters. The number of aromatic nitrogens is 3. The third kappa shape index (κ3) is 1.22. The van der Waals surface area contributed by atoms with Gasteiger partial charge >= 0.3 is 0 Å². The molecule has 0 saturated carbocycles. The van der Waals surface area contributed by atoms with Crippen LogP contribution in [0.4, 0.5) is 0 Å². The maximum atomic E-state index is 11.4. The van der Waals surface area contributed by atoms with Crippen molar-refractivity contribution in [3.05, 3.63) is 34.5 Å². The highest BCUT2D eigenvalue weighted by Gasteiger charge is 2.07. The number of nitrogens with zero attached hydrogens (tertiary/aromatic N) is 2. The second-order valence-corrected chi connectivity index (χ2v) is 2.65. The van der Waals surface area contributed by atoms with Crippen LogP contribution in [-0.4, -0.2) is 20.9 Å². The zero-order valence-corrected chi connectivity index (χ0v) is 7.02. The van der Waals surface area contributed by atoms with Crippen LogP contribution in [0, 0.1) is 0 Å². The lowest BCUT2D eigenvalue weighted by molar-refractivity contribution is 0.0990. The van der Waals surface area contributed by atoms with E-state index in [0.29, 0.717) is 5.39 Å². The molecule has 70 valence electrons. The highest BCUT2D eigenvalue weighted by molar-refractivity contribution is 5.90. The molecule has 1 amide bonds. The second-order valence-electron chi connectivity index (χ2n) is 2.65. The lowest BCUT2D eigenvalue weighted by atomic mass is 10.3. The van der Waals surface area contributed by atoms with Gasteiger partial charge in [0, 0.05) is 6.20 Å². The van der Waals surface area contributed by atoms with E-state index in [0.717, 1.165) is 0 Å². The largest absolute Gasteiger partial charge is 0.363 e. The molecular weight excluding hydrogens is 184 g/mol. The van der Waals surface area contributed by atoms with Crippen LogP contribution in [0.3, 0.4) is 0 Å². The van der Waals surface area contributed by atoms with Crippen molar-refractivity contribution in [2.45, 2.75) is 0 Å². The van der Waals surface area contributed by atoms with E-state index in [1.165, 1.54) is 6.20 Å². The Balaban J connectivity index is 2.86. The minimum Gasteiger partial charge on any atom is -0.363 e. The van der Waals surface area contributed by atoms with Crippen molar-refractivity contribution >= 4 is 16.9 Å². The Morgan fingerprint density at radius 2 is 2.29 bits per heavy atom. The SMILES string of the molecule is NC(=O)c1nc2ncccc2c(=O)[nH]1. The van der Waals surface area contributed by atoms with Crippen LogP contribution in [0.2, 0.25) is 0 Å². The Labute approximate surface area is 77.8 Å². The van der Waals surface area contributed by atoms with Gasteiger partial charge in [0.05, 0.1) is 5.39 Å². The van der Waals surface area contributed by atoms with E-state index in [-0.39, 0.29) is 11.5 Å². The second kappa shape index (κ2) is 2.91. The predicted molar refractivity (Wildman–Crippen MR) is 48.7 cm³/mol. The van der Waals surface area contributed by atoms with Crippen molar-refractivity contribution in [3.8, 4) is 0 Å². The van der Waals surface area contributed by atoms with Crippen molar-refractivity contribution in [2.24, 2.45) is 5.73 Å². The highest BCUT2D eigenvalue weighted by Crippen LogP contribution is 2.01. The van der Waals surface area contributed by atoms with Crippen molar-refractivity contribution in [1.82, 2.24) is 15.0 Å². The Hall–Kier alpha value is -2.24. The molecule has 6 nitrogen and oxygen atoms in total. The first-order valence-corrected chi connectivity index (χ1v) is 3.83. The predicted octanol–water partition coefficient (Wildman–Crippen LogP) is -0.583. The number of carbonyl (C=O) groups is 1. The van der Waals surface area contributed by atoms with Gasteiger partial charge in [-0.2, -0.15) is 0 Å². The summed E-state index contributed by atoms with van der Waals surface area (Å²) in [5.41, 5.74) is 4.77.